The highest BCUT2D eigenvalue weighted by Crippen LogP contribution is 2.20. The van der Waals surface area contributed by atoms with Crippen LogP contribution in [0.2, 0.25) is 5.02 Å². The zero-order valence-electron chi connectivity index (χ0n) is 8.17. The molecule has 1 atom stereocenters. The maximum atomic E-state index is 6.04. The third-order valence-electron chi connectivity index (χ3n) is 2.71. The maximum Gasteiger partial charge on any atom is 0.104 e. The maximum absolute atomic E-state index is 6.04. The lowest BCUT2D eigenvalue weighted by Crippen LogP contribution is -2.87. The summed E-state index contributed by atoms with van der Waals surface area (Å²) in [6.07, 6.45) is 2.66. The van der Waals surface area contributed by atoms with Crippen LogP contribution < -0.4 is 10.6 Å². The number of quaternary nitrogens is 1. The monoisotopic (exact) mass is 211 g/mol. The molecule has 0 bridgehead atoms. The van der Waals surface area contributed by atoms with Crippen molar-refractivity contribution in [3.8, 4) is 0 Å². The van der Waals surface area contributed by atoms with Crippen LogP contribution in [0.4, 0.5) is 5.69 Å². The smallest absolute Gasteiger partial charge is 0.104 e. The van der Waals surface area contributed by atoms with Crippen molar-refractivity contribution in [1.29, 1.82) is 0 Å². The summed E-state index contributed by atoms with van der Waals surface area (Å²) < 4.78 is 0. The van der Waals surface area contributed by atoms with Crippen LogP contribution in [0.1, 0.15) is 12.8 Å². The van der Waals surface area contributed by atoms with Crippen molar-refractivity contribution in [2.45, 2.75) is 18.9 Å². The Morgan fingerprint density at radius 1 is 1.43 bits per heavy atom. The molecule has 1 aromatic rings. The van der Waals surface area contributed by atoms with E-state index in [9.17, 15) is 0 Å². The van der Waals surface area contributed by atoms with E-state index in [4.69, 9.17) is 11.6 Å². The van der Waals surface area contributed by atoms with Crippen molar-refractivity contribution < 1.29 is 5.32 Å². The lowest BCUT2D eigenvalue weighted by molar-refractivity contribution is -0.666. The standard InChI is InChI=1S/C11H15ClN2/c12-10-5-1-2-6-11(10)14-8-9-4-3-7-13-9/h1-2,5-6,9,13-14H,3-4,7-8H2/p+1/t9-/m1/s1. The zero-order chi connectivity index (χ0) is 9.80. The summed E-state index contributed by atoms with van der Waals surface area (Å²) in [7, 11) is 0. The van der Waals surface area contributed by atoms with E-state index in [0.29, 0.717) is 0 Å². The van der Waals surface area contributed by atoms with Crippen molar-refractivity contribution in [2.75, 3.05) is 18.4 Å². The Hall–Kier alpha value is -0.730. The second-order valence-corrected chi connectivity index (χ2v) is 4.19. The molecule has 2 nitrogen and oxygen atoms in total. The molecule has 0 aromatic heterocycles. The molecule has 1 aromatic carbocycles. The fourth-order valence-corrected chi connectivity index (χ4v) is 2.09. The molecule has 14 heavy (non-hydrogen) atoms. The largest absolute Gasteiger partial charge is 0.378 e. The molecule has 1 saturated heterocycles. The summed E-state index contributed by atoms with van der Waals surface area (Å²) in [5.74, 6) is 0. The first kappa shape index (κ1) is 9.81. The van der Waals surface area contributed by atoms with Gasteiger partial charge in [-0.15, -0.1) is 0 Å². The minimum absolute atomic E-state index is 0.728. The molecular formula is C11H16ClN2+. The average Bonchev–Trinajstić information content (AvgIpc) is 2.69. The van der Waals surface area contributed by atoms with Gasteiger partial charge in [-0.3, -0.25) is 0 Å². The zero-order valence-corrected chi connectivity index (χ0v) is 8.93. The molecule has 3 N–H and O–H groups in total. The van der Waals surface area contributed by atoms with Gasteiger partial charge in [0.25, 0.3) is 0 Å². The number of nitrogens with two attached hydrogens (primary N) is 1. The Morgan fingerprint density at radius 3 is 3.00 bits per heavy atom. The Morgan fingerprint density at radius 2 is 2.29 bits per heavy atom. The molecule has 0 unspecified atom stereocenters. The number of hydrogen-bond acceptors (Lipinski definition) is 1. The summed E-state index contributed by atoms with van der Waals surface area (Å²) in [5, 5.41) is 6.61. The van der Waals surface area contributed by atoms with E-state index in [0.717, 1.165) is 23.3 Å². The van der Waals surface area contributed by atoms with E-state index in [2.05, 4.69) is 10.6 Å². The van der Waals surface area contributed by atoms with E-state index < -0.39 is 0 Å². The minimum atomic E-state index is 0.728. The van der Waals surface area contributed by atoms with Crippen molar-refractivity contribution >= 4 is 17.3 Å². The minimum Gasteiger partial charge on any atom is -0.378 e. The number of rotatable bonds is 3. The van der Waals surface area contributed by atoms with Gasteiger partial charge in [0.2, 0.25) is 0 Å². The van der Waals surface area contributed by atoms with E-state index in [1.54, 1.807) is 0 Å². The van der Waals surface area contributed by atoms with E-state index >= 15 is 0 Å². The van der Waals surface area contributed by atoms with Gasteiger partial charge < -0.3 is 10.6 Å². The highest BCUT2D eigenvalue weighted by atomic mass is 35.5. The third kappa shape index (κ3) is 2.40. The van der Waals surface area contributed by atoms with Gasteiger partial charge >= 0.3 is 0 Å². The molecule has 0 spiro atoms. The van der Waals surface area contributed by atoms with Crippen LogP contribution in [0.5, 0.6) is 0 Å². The molecule has 3 heteroatoms. The molecule has 1 heterocycles. The Kier molecular flexibility index (Phi) is 3.27. The number of para-hydroxylation sites is 1. The third-order valence-corrected chi connectivity index (χ3v) is 3.04. The summed E-state index contributed by atoms with van der Waals surface area (Å²) in [4.78, 5) is 0. The van der Waals surface area contributed by atoms with Crippen molar-refractivity contribution in [1.82, 2.24) is 0 Å². The molecule has 0 amide bonds. The summed E-state index contributed by atoms with van der Waals surface area (Å²) in [6, 6.07) is 8.63. The van der Waals surface area contributed by atoms with Gasteiger partial charge in [0, 0.05) is 12.8 Å². The SMILES string of the molecule is Clc1ccccc1NC[C@H]1CCC[NH2+]1. The molecule has 0 saturated carbocycles. The predicted octanol–water partition coefficient (Wildman–Crippen LogP) is 1.48. The van der Waals surface area contributed by atoms with Gasteiger partial charge in [-0.1, -0.05) is 23.7 Å². The van der Waals surface area contributed by atoms with Gasteiger partial charge in [0.15, 0.2) is 0 Å². The van der Waals surface area contributed by atoms with Crippen LogP contribution >= 0.6 is 11.6 Å². The molecule has 2 rings (SSSR count). The number of hydrogen-bond donors (Lipinski definition) is 2. The van der Waals surface area contributed by atoms with Gasteiger partial charge in [0.1, 0.15) is 6.04 Å². The second-order valence-electron chi connectivity index (χ2n) is 3.79. The number of anilines is 1. The van der Waals surface area contributed by atoms with Crippen LogP contribution in [0.3, 0.4) is 0 Å². The van der Waals surface area contributed by atoms with Gasteiger partial charge in [-0.2, -0.15) is 0 Å². The molecule has 1 fully saturated rings. The summed E-state index contributed by atoms with van der Waals surface area (Å²) in [6.45, 7) is 2.29. The van der Waals surface area contributed by atoms with Crippen LogP contribution in [0, 0.1) is 0 Å². The first-order valence-corrected chi connectivity index (χ1v) is 5.56. The molecule has 0 aliphatic carbocycles. The lowest BCUT2D eigenvalue weighted by atomic mass is 10.2. The highest BCUT2D eigenvalue weighted by Gasteiger charge is 2.17. The first-order valence-electron chi connectivity index (χ1n) is 5.18. The van der Waals surface area contributed by atoms with Crippen molar-refractivity contribution in [3.63, 3.8) is 0 Å². The van der Waals surface area contributed by atoms with E-state index in [-0.39, 0.29) is 0 Å². The fourth-order valence-electron chi connectivity index (χ4n) is 1.88. The number of nitrogens with one attached hydrogen (secondary N) is 1. The predicted molar refractivity (Wildman–Crippen MR) is 59.8 cm³/mol. The molecule has 1 aliphatic rings. The second kappa shape index (κ2) is 4.67. The molecule has 1 aliphatic heterocycles. The van der Waals surface area contributed by atoms with Gasteiger partial charge in [0.05, 0.1) is 23.8 Å². The van der Waals surface area contributed by atoms with Gasteiger partial charge in [-0.05, 0) is 12.1 Å². The average molecular weight is 212 g/mol. The van der Waals surface area contributed by atoms with E-state index in [1.165, 1.54) is 19.4 Å². The van der Waals surface area contributed by atoms with Crippen LogP contribution in [0.25, 0.3) is 0 Å². The molecule has 0 radical (unpaired) electrons. The summed E-state index contributed by atoms with van der Waals surface area (Å²) >= 11 is 6.04. The summed E-state index contributed by atoms with van der Waals surface area (Å²) in [5.41, 5.74) is 1.05. The van der Waals surface area contributed by atoms with Gasteiger partial charge in [-0.25, -0.2) is 0 Å². The Bertz CT molecular complexity index is 295. The fraction of sp³-hybridized carbons (Fsp3) is 0.455. The van der Waals surface area contributed by atoms with Crippen LogP contribution in [-0.4, -0.2) is 19.1 Å². The Labute approximate surface area is 89.7 Å². The van der Waals surface area contributed by atoms with Crippen molar-refractivity contribution in [2.24, 2.45) is 0 Å². The highest BCUT2D eigenvalue weighted by molar-refractivity contribution is 6.33. The van der Waals surface area contributed by atoms with Crippen LogP contribution in [0.15, 0.2) is 24.3 Å². The Balaban J connectivity index is 1.88. The molecular weight excluding hydrogens is 196 g/mol. The topological polar surface area (TPSA) is 28.6 Å². The van der Waals surface area contributed by atoms with E-state index in [1.807, 2.05) is 24.3 Å². The first-order chi connectivity index (χ1) is 6.86. The van der Waals surface area contributed by atoms with Crippen molar-refractivity contribution in [3.05, 3.63) is 29.3 Å². The number of halogens is 1. The lowest BCUT2D eigenvalue weighted by Gasteiger charge is -2.11. The van der Waals surface area contributed by atoms with Crippen LogP contribution in [-0.2, 0) is 0 Å². The molecule has 76 valence electrons. The normalized spacial score (nSPS) is 21.1. The quantitative estimate of drug-likeness (QED) is 0.779. The number of benzene rings is 1.